The fourth-order valence-corrected chi connectivity index (χ4v) is 4.77. The zero-order valence-corrected chi connectivity index (χ0v) is 20.6. The van der Waals surface area contributed by atoms with E-state index >= 15 is 0 Å². The number of hydrogen-bond acceptors (Lipinski definition) is 4. The number of rotatable bonds is 10. The summed E-state index contributed by atoms with van der Waals surface area (Å²) >= 11 is 7.92. The van der Waals surface area contributed by atoms with Crippen molar-refractivity contribution in [2.45, 2.75) is 43.6 Å². The topological polar surface area (TPSA) is 59.8 Å². The van der Waals surface area contributed by atoms with Crippen LogP contribution in [-0.4, -0.2) is 20.7 Å². The van der Waals surface area contributed by atoms with Crippen molar-refractivity contribution in [3.8, 4) is 5.69 Å². The minimum absolute atomic E-state index is 0.0340. The van der Waals surface area contributed by atoms with Crippen LogP contribution in [0, 0.1) is 6.92 Å². The highest BCUT2D eigenvalue weighted by Gasteiger charge is 2.15. The number of carbonyl (C=O) groups excluding carboxylic acids is 1. The minimum atomic E-state index is 0.0340. The second kappa shape index (κ2) is 11.9. The van der Waals surface area contributed by atoms with Crippen molar-refractivity contribution in [2.75, 3.05) is 0 Å². The third-order valence-corrected chi connectivity index (χ3v) is 6.59. The van der Waals surface area contributed by atoms with Gasteiger partial charge in [0.25, 0.3) is 0 Å². The van der Waals surface area contributed by atoms with Crippen LogP contribution in [0.5, 0.6) is 0 Å². The van der Waals surface area contributed by atoms with Gasteiger partial charge in [-0.15, -0.1) is 10.2 Å². The number of nitrogens with one attached hydrogen (secondary N) is 1. The number of benzene rings is 3. The Labute approximate surface area is 209 Å². The van der Waals surface area contributed by atoms with E-state index < -0.39 is 0 Å². The van der Waals surface area contributed by atoms with Gasteiger partial charge < -0.3 is 5.32 Å². The molecule has 1 heterocycles. The lowest BCUT2D eigenvalue weighted by atomic mass is 10.2. The molecular weight excluding hydrogens is 464 g/mol. The Morgan fingerprint density at radius 3 is 2.56 bits per heavy atom. The van der Waals surface area contributed by atoms with Crippen molar-refractivity contribution < 1.29 is 4.79 Å². The van der Waals surface area contributed by atoms with Gasteiger partial charge in [0.2, 0.25) is 5.91 Å². The van der Waals surface area contributed by atoms with Gasteiger partial charge in [-0.3, -0.25) is 9.36 Å². The van der Waals surface area contributed by atoms with Gasteiger partial charge in [0.05, 0.1) is 5.69 Å². The van der Waals surface area contributed by atoms with Crippen molar-refractivity contribution >= 4 is 29.3 Å². The lowest BCUT2D eigenvalue weighted by molar-refractivity contribution is -0.121. The first-order valence-electron chi connectivity index (χ1n) is 11.3. The zero-order valence-electron chi connectivity index (χ0n) is 19.1. The number of halogens is 1. The molecule has 3 aromatic carbocycles. The van der Waals surface area contributed by atoms with Gasteiger partial charge >= 0.3 is 0 Å². The molecule has 34 heavy (non-hydrogen) atoms. The molecule has 4 rings (SSSR count). The Morgan fingerprint density at radius 1 is 0.971 bits per heavy atom. The van der Waals surface area contributed by atoms with E-state index in [0.717, 1.165) is 28.0 Å². The van der Waals surface area contributed by atoms with Crippen LogP contribution in [0.2, 0.25) is 5.02 Å². The summed E-state index contributed by atoms with van der Waals surface area (Å²) in [5.74, 6) is 1.65. The third kappa shape index (κ3) is 6.72. The molecule has 7 heteroatoms. The number of carbonyl (C=O) groups is 1. The number of aromatic nitrogens is 3. The predicted octanol–water partition coefficient (Wildman–Crippen LogP) is 6.16. The molecule has 1 aromatic heterocycles. The highest BCUT2D eigenvalue weighted by Crippen LogP contribution is 2.27. The van der Waals surface area contributed by atoms with Crippen LogP contribution in [0.25, 0.3) is 5.69 Å². The van der Waals surface area contributed by atoms with Gasteiger partial charge in [-0.2, -0.15) is 0 Å². The fraction of sp³-hybridized carbons (Fsp3) is 0.222. The third-order valence-electron chi connectivity index (χ3n) is 5.35. The maximum Gasteiger partial charge on any atom is 0.220 e. The van der Waals surface area contributed by atoms with Crippen molar-refractivity contribution in [1.29, 1.82) is 0 Å². The Balaban J connectivity index is 1.42. The number of thioether (sulfide) groups is 1. The van der Waals surface area contributed by atoms with Crippen molar-refractivity contribution in [1.82, 2.24) is 20.1 Å². The fourth-order valence-electron chi connectivity index (χ4n) is 3.67. The Kier molecular flexibility index (Phi) is 8.39. The highest BCUT2D eigenvalue weighted by molar-refractivity contribution is 7.98. The van der Waals surface area contributed by atoms with Gasteiger partial charge in [-0.1, -0.05) is 89.6 Å². The molecular formula is C27H27ClN4OS. The standard InChI is InChI=1S/C27H27ClN4OS/c1-20-8-5-11-22(16-20)19-34-27-31-30-25(32(27)24-13-6-12-23(28)17-24)14-7-15-26(33)29-18-21-9-3-2-4-10-21/h2-6,8-13,16-17H,7,14-15,18-19H2,1H3,(H,29,33). The van der Waals surface area contributed by atoms with Crippen molar-refractivity contribution in [2.24, 2.45) is 0 Å². The van der Waals surface area contributed by atoms with Crippen LogP contribution in [0.1, 0.15) is 35.4 Å². The number of hydrogen-bond donors (Lipinski definition) is 1. The van der Waals surface area contributed by atoms with E-state index in [1.165, 1.54) is 11.1 Å². The average molecular weight is 491 g/mol. The maximum atomic E-state index is 12.3. The lowest BCUT2D eigenvalue weighted by Crippen LogP contribution is -2.22. The van der Waals surface area contributed by atoms with Crippen molar-refractivity contribution in [3.63, 3.8) is 0 Å². The van der Waals surface area contributed by atoms with E-state index in [2.05, 4.69) is 46.7 Å². The normalized spacial score (nSPS) is 10.9. The second-order valence-electron chi connectivity index (χ2n) is 8.11. The van der Waals surface area contributed by atoms with Crippen LogP contribution in [0.15, 0.2) is 84.0 Å². The molecule has 0 aliphatic heterocycles. The molecule has 5 nitrogen and oxygen atoms in total. The van der Waals surface area contributed by atoms with Crippen LogP contribution >= 0.6 is 23.4 Å². The van der Waals surface area contributed by atoms with Gasteiger partial charge in [-0.25, -0.2) is 0 Å². The monoisotopic (exact) mass is 490 g/mol. The zero-order chi connectivity index (χ0) is 23.8. The number of nitrogens with zero attached hydrogens (tertiary/aromatic N) is 3. The number of amides is 1. The Bertz CT molecular complexity index is 1240. The molecule has 174 valence electrons. The quantitative estimate of drug-likeness (QED) is 0.270. The summed E-state index contributed by atoms with van der Waals surface area (Å²) in [6, 6.07) is 26.1. The summed E-state index contributed by atoms with van der Waals surface area (Å²) in [4.78, 5) is 12.3. The molecule has 0 aliphatic carbocycles. The molecule has 0 saturated heterocycles. The van der Waals surface area contributed by atoms with E-state index in [0.29, 0.717) is 30.8 Å². The van der Waals surface area contributed by atoms with Crippen LogP contribution in [0.3, 0.4) is 0 Å². The lowest BCUT2D eigenvalue weighted by Gasteiger charge is -2.11. The summed E-state index contributed by atoms with van der Waals surface area (Å²) < 4.78 is 2.05. The van der Waals surface area contributed by atoms with E-state index in [9.17, 15) is 4.79 Å². The van der Waals surface area contributed by atoms with Gasteiger partial charge in [0.15, 0.2) is 5.16 Å². The molecule has 4 aromatic rings. The molecule has 1 N–H and O–H groups in total. The molecule has 0 saturated carbocycles. The van der Waals surface area contributed by atoms with E-state index in [1.807, 2.05) is 59.2 Å². The Morgan fingerprint density at radius 2 is 1.76 bits per heavy atom. The Hall–Kier alpha value is -3.09. The first kappa shape index (κ1) is 24.0. The molecule has 0 spiro atoms. The van der Waals surface area contributed by atoms with E-state index in [4.69, 9.17) is 11.6 Å². The molecule has 0 atom stereocenters. The largest absolute Gasteiger partial charge is 0.352 e. The summed E-state index contributed by atoms with van der Waals surface area (Å²) in [5, 5.41) is 13.4. The average Bonchev–Trinajstić information content (AvgIpc) is 3.25. The first-order chi connectivity index (χ1) is 16.6. The summed E-state index contributed by atoms with van der Waals surface area (Å²) in [6.07, 6.45) is 1.76. The second-order valence-corrected chi connectivity index (χ2v) is 9.49. The van der Waals surface area contributed by atoms with Gasteiger partial charge in [-0.05, 0) is 42.7 Å². The highest BCUT2D eigenvalue weighted by atomic mass is 35.5. The van der Waals surface area contributed by atoms with Crippen LogP contribution in [-0.2, 0) is 23.5 Å². The first-order valence-corrected chi connectivity index (χ1v) is 12.6. The molecule has 0 bridgehead atoms. The van der Waals surface area contributed by atoms with Gasteiger partial charge in [0.1, 0.15) is 5.82 Å². The summed E-state index contributed by atoms with van der Waals surface area (Å²) in [5.41, 5.74) is 4.49. The van der Waals surface area contributed by atoms with Crippen LogP contribution in [0.4, 0.5) is 0 Å². The van der Waals surface area contributed by atoms with Crippen LogP contribution < -0.4 is 5.32 Å². The minimum Gasteiger partial charge on any atom is -0.352 e. The van der Waals surface area contributed by atoms with E-state index in [-0.39, 0.29) is 5.91 Å². The predicted molar refractivity (Wildman–Crippen MR) is 138 cm³/mol. The molecule has 0 unspecified atom stereocenters. The SMILES string of the molecule is Cc1cccc(CSc2nnc(CCCC(=O)NCc3ccccc3)n2-c2cccc(Cl)c2)c1. The number of aryl methyl sites for hydroxylation is 2. The molecule has 0 fully saturated rings. The molecule has 0 aliphatic rings. The molecule has 1 amide bonds. The maximum absolute atomic E-state index is 12.3. The molecule has 0 radical (unpaired) electrons. The van der Waals surface area contributed by atoms with Crippen molar-refractivity contribution in [3.05, 3.63) is 106 Å². The van der Waals surface area contributed by atoms with E-state index in [1.54, 1.807) is 11.8 Å². The van der Waals surface area contributed by atoms with Gasteiger partial charge in [0, 0.05) is 30.2 Å². The summed E-state index contributed by atoms with van der Waals surface area (Å²) in [7, 11) is 0. The smallest absolute Gasteiger partial charge is 0.220 e. The summed E-state index contributed by atoms with van der Waals surface area (Å²) in [6.45, 7) is 2.63.